The molecule has 1 aromatic heterocycles. The quantitative estimate of drug-likeness (QED) is 0.512. The predicted molar refractivity (Wildman–Crippen MR) is 74.4 cm³/mol. The Bertz CT molecular complexity index is 487. The van der Waals surface area contributed by atoms with Gasteiger partial charge in [0.15, 0.2) is 4.93 Å². The van der Waals surface area contributed by atoms with Crippen LogP contribution in [-0.4, -0.2) is 44.4 Å². The Kier molecular flexibility index (Phi) is 5.93. The number of anilines is 1. The molecule has 9 heteroatoms. The van der Waals surface area contributed by atoms with Crippen molar-refractivity contribution in [1.29, 1.82) is 0 Å². The molecule has 0 fully saturated rings. The van der Waals surface area contributed by atoms with Gasteiger partial charge in [0, 0.05) is 32.4 Å². The van der Waals surface area contributed by atoms with E-state index in [-0.39, 0.29) is 24.3 Å². The van der Waals surface area contributed by atoms with Crippen LogP contribution < -0.4 is 11.0 Å². The van der Waals surface area contributed by atoms with Crippen LogP contribution >= 0.6 is 12.0 Å². The summed E-state index contributed by atoms with van der Waals surface area (Å²) in [5, 5.41) is 12.7. The molecule has 0 saturated carbocycles. The second kappa shape index (κ2) is 7.02. The van der Waals surface area contributed by atoms with Crippen molar-refractivity contribution in [3.05, 3.63) is 22.7 Å². The lowest BCUT2D eigenvalue weighted by Gasteiger charge is -2.34. The maximum atomic E-state index is 14.3. The van der Waals surface area contributed by atoms with Gasteiger partial charge in [-0.3, -0.25) is 4.57 Å². The number of nitrogens with one attached hydrogen (secondary N) is 1. The standard InChI is InChI=1S/C11H18FN3O4S/c1-4-11(19-3,20-18)8(16)9(12)15-6-5-7(13-2)14-10(15)17/h5-6,8-9,16,18H,4H2,1-3H3,(H,13,14,17)/t8-,9?,11+/m0/s1. The van der Waals surface area contributed by atoms with Crippen LogP contribution in [0.3, 0.4) is 0 Å². The fraction of sp³-hybridized carbons (Fsp3) is 0.636. The normalized spacial score (nSPS) is 17.3. The van der Waals surface area contributed by atoms with Crippen molar-refractivity contribution in [2.75, 3.05) is 19.5 Å². The molecule has 0 saturated heterocycles. The van der Waals surface area contributed by atoms with Crippen molar-refractivity contribution in [3.63, 3.8) is 0 Å². The highest BCUT2D eigenvalue weighted by atomic mass is 32.2. The van der Waals surface area contributed by atoms with Crippen LogP contribution in [0.5, 0.6) is 0 Å². The lowest BCUT2D eigenvalue weighted by atomic mass is 10.1. The Morgan fingerprint density at radius 1 is 1.70 bits per heavy atom. The monoisotopic (exact) mass is 307 g/mol. The average molecular weight is 307 g/mol. The largest absolute Gasteiger partial charge is 0.384 e. The summed E-state index contributed by atoms with van der Waals surface area (Å²) in [5.74, 6) is 0.290. The highest BCUT2D eigenvalue weighted by molar-refractivity contribution is 7.95. The molecule has 0 bridgehead atoms. The van der Waals surface area contributed by atoms with Crippen molar-refractivity contribution in [2.24, 2.45) is 0 Å². The number of ether oxygens (including phenoxy) is 1. The first-order chi connectivity index (χ1) is 9.45. The average Bonchev–Trinajstić information content (AvgIpc) is 2.48. The van der Waals surface area contributed by atoms with Gasteiger partial charge in [-0.15, -0.1) is 0 Å². The zero-order valence-electron chi connectivity index (χ0n) is 11.4. The minimum atomic E-state index is -2.10. The molecule has 1 aromatic rings. The minimum Gasteiger partial charge on any atom is -0.384 e. The molecule has 7 nitrogen and oxygen atoms in total. The first-order valence-electron chi connectivity index (χ1n) is 5.92. The van der Waals surface area contributed by atoms with Gasteiger partial charge >= 0.3 is 5.69 Å². The molecule has 0 aliphatic heterocycles. The molecule has 1 unspecified atom stereocenters. The number of aliphatic hydroxyl groups excluding tert-OH is 1. The van der Waals surface area contributed by atoms with Gasteiger partial charge in [-0.25, -0.2) is 9.18 Å². The zero-order valence-corrected chi connectivity index (χ0v) is 12.2. The second-order valence-electron chi connectivity index (χ2n) is 4.03. The molecule has 0 aliphatic carbocycles. The topological polar surface area (TPSA) is 96.6 Å². The predicted octanol–water partition coefficient (Wildman–Crippen LogP) is 1.07. The summed E-state index contributed by atoms with van der Waals surface area (Å²) in [7, 11) is 2.82. The summed E-state index contributed by atoms with van der Waals surface area (Å²) >= 11 is 0.202. The Hall–Kier alpha value is -1.16. The molecular formula is C11H18FN3O4S. The van der Waals surface area contributed by atoms with Crippen molar-refractivity contribution in [1.82, 2.24) is 9.55 Å². The Balaban J connectivity index is 3.11. The molecule has 0 spiro atoms. The van der Waals surface area contributed by atoms with Gasteiger partial charge in [0.2, 0.25) is 6.30 Å². The van der Waals surface area contributed by atoms with E-state index in [4.69, 9.17) is 4.74 Å². The molecule has 1 rings (SSSR count). The maximum absolute atomic E-state index is 14.3. The summed E-state index contributed by atoms with van der Waals surface area (Å²) in [6.45, 7) is 1.62. The van der Waals surface area contributed by atoms with Crippen LogP contribution in [0, 0.1) is 0 Å². The molecule has 3 atom stereocenters. The van der Waals surface area contributed by atoms with Crippen LogP contribution in [0.25, 0.3) is 0 Å². The van der Waals surface area contributed by atoms with E-state index in [0.717, 1.165) is 0 Å². The zero-order chi connectivity index (χ0) is 15.3. The summed E-state index contributed by atoms with van der Waals surface area (Å²) < 4.78 is 29.2. The first kappa shape index (κ1) is 16.9. The van der Waals surface area contributed by atoms with E-state index >= 15 is 0 Å². The number of alkyl halides is 1. The van der Waals surface area contributed by atoms with E-state index < -0.39 is 23.0 Å². The van der Waals surface area contributed by atoms with Crippen molar-refractivity contribution in [3.8, 4) is 0 Å². The summed E-state index contributed by atoms with van der Waals surface area (Å²) in [6.07, 6.45) is -2.52. The van der Waals surface area contributed by atoms with E-state index in [9.17, 15) is 18.8 Å². The highest BCUT2D eigenvalue weighted by Crippen LogP contribution is 2.36. The molecule has 0 amide bonds. The Morgan fingerprint density at radius 3 is 2.75 bits per heavy atom. The van der Waals surface area contributed by atoms with Gasteiger partial charge in [0.1, 0.15) is 11.9 Å². The fourth-order valence-corrected chi connectivity index (χ4v) is 2.16. The van der Waals surface area contributed by atoms with Crippen LogP contribution in [0.1, 0.15) is 19.6 Å². The van der Waals surface area contributed by atoms with Gasteiger partial charge in [0.05, 0.1) is 0 Å². The summed E-state index contributed by atoms with van der Waals surface area (Å²) in [6, 6.07) is 1.40. The number of aliphatic hydroxyl groups is 1. The SMILES string of the molecule is CC[C@@](OC)(SO)[C@@H](O)C(F)n1ccc(NC)nc1=O. The third kappa shape index (κ3) is 3.11. The van der Waals surface area contributed by atoms with E-state index in [2.05, 4.69) is 10.3 Å². The molecule has 114 valence electrons. The number of aromatic nitrogens is 2. The lowest BCUT2D eigenvalue weighted by molar-refractivity contribution is -0.0962. The number of hydrogen-bond donors (Lipinski definition) is 3. The third-order valence-electron chi connectivity index (χ3n) is 3.06. The van der Waals surface area contributed by atoms with Crippen LogP contribution in [-0.2, 0) is 4.74 Å². The van der Waals surface area contributed by atoms with Crippen molar-refractivity contribution < 1.29 is 18.8 Å². The van der Waals surface area contributed by atoms with E-state index in [1.54, 1.807) is 14.0 Å². The highest BCUT2D eigenvalue weighted by Gasteiger charge is 2.43. The summed E-state index contributed by atoms with van der Waals surface area (Å²) in [5.41, 5.74) is -0.854. The fourth-order valence-electron chi connectivity index (χ4n) is 1.73. The Morgan fingerprint density at radius 2 is 2.35 bits per heavy atom. The Labute approximate surface area is 120 Å². The number of methoxy groups -OCH3 is 1. The number of hydrogen-bond acceptors (Lipinski definition) is 7. The third-order valence-corrected chi connectivity index (χ3v) is 4.06. The van der Waals surface area contributed by atoms with E-state index in [1.807, 2.05) is 0 Å². The van der Waals surface area contributed by atoms with Crippen molar-refractivity contribution in [2.45, 2.75) is 30.7 Å². The molecule has 0 radical (unpaired) electrons. The number of rotatable bonds is 7. The van der Waals surface area contributed by atoms with Gasteiger partial charge in [-0.1, -0.05) is 6.92 Å². The van der Waals surface area contributed by atoms with Crippen LogP contribution in [0.4, 0.5) is 10.2 Å². The van der Waals surface area contributed by atoms with Crippen LogP contribution in [0.2, 0.25) is 0 Å². The molecule has 1 heterocycles. The number of halogens is 1. The van der Waals surface area contributed by atoms with E-state index in [0.29, 0.717) is 4.57 Å². The van der Waals surface area contributed by atoms with Gasteiger partial charge in [-0.2, -0.15) is 4.98 Å². The lowest BCUT2D eigenvalue weighted by Crippen LogP contribution is -2.46. The van der Waals surface area contributed by atoms with E-state index in [1.165, 1.54) is 19.4 Å². The van der Waals surface area contributed by atoms with Gasteiger partial charge in [0.25, 0.3) is 0 Å². The maximum Gasteiger partial charge on any atom is 0.351 e. The second-order valence-corrected chi connectivity index (χ2v) is 4.90. The van der Waals surface area contributed by atoms with Crippen molar-refractivity contribution >= 4 is 17.9 Å². The smallest absolute Gasteiger partial charge is 0.351 e. The molecular weight excluding hydrogens is 289 g/mol. The first-order valence-corrected chi connectivity index (χ1v) is 6.69. The van der Waals surface area contributed by atoms with Gasteiger partial charge in [-0.05, 0) is 12.5 Å². The molecule has 0 aliphatic rings. The van der Waals surface area contributed by atoms with Gasteiger partial charge < -0.3 is 19.7 Å². The molecule has 3 N–H and O–H groups in total. The van der Waals surface area contributed by atoms with Crippen LogP contribution in [0.15, 0.2) is 17.1 Å². The number of nitrogens with zero attached hydrogens (tertiary/aromatic N) is 2. The summed E-state index contributed by atoms with van der Waals surface area (Å²) in [4.78, 5) is 13.7. The minimum absolute atomic E-state index is 0.142. The molecule has 20 heavy (non-hydrogen) atoms. The molecule has 0 aromatic carbocycles.